The highest BCUT2D eigenvalue weighted by Crippen LogP contribution is 2.45. The molecule has 2 aromatic carbocycles. The topological polar surface area (TPSA) is 128 Å². The number of benzene rings is 2. The lowest BCUT2D eigenvalue weighted by atomic mass is 9.94. The molecule has 2 amide bonds. The second-order valence-corrected chi connectivity index (χ2v) is 10.3. The van der Waals surface area contributed by atoms with Crippen LogP contribution in [-0.4, -0.2) is 62.3 Å². The van der Waals surface area contributed by atoms with E-state index in [1.807, 2.05) is 6.07 Å². The van der Waals surface area contributed by atoms with Gasteiger partial charge in [-0.15, -0.1) is 23.4 Å². The molecule has 4 atom stereocenters. The molecule has 0 radical (unpaired) electrons. The summed E-state index contributed by atoms with van der Waals surface area (Å²) < 4.78 is 10.8. The van der Waals surface area contributed by atoms with E-state index in [1.54, 1.807) is 31.2 Å². The van der Waals surface area contributed by atoms with E-state index in [9.17, 15) is 24.5 Å². The lowest BCUT2D eigenvalue weighted by Gasteiger charge is -2.56. The number of carbonyl (C=O) groups is 3. The van der Waals surface area contributed by atoms with Crippen LogP contribution in [0.3, 0.4) is 0 Å². The Morgan fingerprint density at radius 3 is 2.57 bits per heavy atom. The van der Waals surface area contributed by atoms with Gasteiger partial charge in [0.2, 0.25) is 5.91 Å². The molecule has 0 aliphatic carbocycles. The number of fused-ring (bicyclic) bond motifs is 1. The number of ether oxygens (including phenoxy) is 2. The maximum Gasteiger partial charge on any atom is 0.331 e. The van der Waals surface area contributed by atoms with E-state index in [0.29, 0.717) is 17.1 Å². The van der Waals surface area contributed by atoms with Crippen LogP contribution in [0.5, 0.6) is 5.75 Å². The van der Waals surface area contributed by atoms with Crippen molar-refractivity contribution in [2.75, 3.05) is 12.4 Å². The van der Waals surface area contributed by atoms with Gasteiger partial charge in [0.05, 0.1) is 9.80 Å². The summed E-state index contributed by atoms with van der Waals surface area (Å²) in [5, 5.41) is 13.0. The molecule has 0 bridgehead atoms. The lowest BCUT2D eigenvalue weighted by molar-refractivity contribution is -0.384. The fraction of sp³-hybridized carbons (Fsp3) is 0.348. The third kappa shape index (κ3) is 5.35. The zero-order valence-corrected chi connectivity index (χ0v) is 20.2. The summed E-state index contributed by atoms with van der Waals surface area (Å²) in [5.74, 6) is -0.683. The van der Waals surface area contributed by atoms with E-state index in [2.05, 4.69) is 5.32 Å². The zero-order chi connectivity index (χ0) is 25.2. The molecule has 0 aromatic heterocycles. The fourth-order valence-corrected chi connectivity index (χ4v) is 5.68. The number of alkyl halides is 1. The molecule has 2 heterocycles. The third-order valence-electron chi connectivity index (χ3n) is 5.65. The van der Waals surface area contributed by atoms with E-state index in [4.69, 9.17) is 21.1 Å². The number of rotatable bonds is 8. The summed E-state index contributed by atoms with van der Waals surface area (Å²) in [6, 6.07) is 12.6. The van der Waals surface area contributed by atoms with Crippen LogP contribution >= 0.6 is 23.4 Å². The number of thioether (sulfide) groups is 1. The van der Waals surface area contributed by atoms with Crippen LogP contribution in [-0.2, 0) is 25.7 Å². The smallest absolute Gasteiger partial charge is 0.331 e. The van der Waals surface area contributed by atoms with Crippen molar-refractivity contribution >= 4 is 46.8 Å². The first kappa shape index (κ1) is 24.8. The molecule has 2 unspecified atom stereocenters. The van der Waals surface area contributed by atoms with E-state index in [0.717, 1.165) is 0 Å². The highest BCUT2D eigenvalue weighted by Gasteiger charge is 2.61. The summed E-state index contributed by atoms with van der Waals surface area (Å²) in [6.45, 7) is 1.28. The molecule has 2 aromatic rings. The second kappa shape index (κ2) is 10.1. The van der Waals surface area contributed by atoms with Gasteiger partial charge in [-0.3, -0.25) is 19.7 Å². The van der Waals surface area contributed by atoms with Gasteiger partial charge in [-0.05, 0) is 36.8 Å². The molecule has 1 N–H and O–H groups in total. The van der Waals surface area contributed by atoms with Crippen LogP contribution in [0.1, 0.15) is 12.5 Å². The van der Waals surface area contributed by atoms with Crippen LogP contribution in [0.15, 0.2) is 54.6 Å². The summed E-state index contributed by atoms with van der Waals surface area (Å²) in [5.41, 5.74) is 0.481. The number of nitro groups is 1. The van der Waals surface area contributed by atoms with Crippen LogP contribution in [0, 0.1) is 10.1 Å². The second-order valence-electron chi connectivity index (χ2n) is 8.31. The van der Waals surface area contributed by atoms with Crippen LogP contribution in [0.4, 0.5) is 5.69 Å². The monoisotopic (exact) mass is 519 g/mol. The number of carbonyl (C=O) groups excluding carboxylic acids is 3. The van der Waals surface area contributed by atoms with Crippen molar-refractivity contribution in [2.24, 2.45) is 0 Å². The largest absolute Gasteiger partial charge is 0.484 e. The molecule has 2 aliphatic rings. The minimum atomic E-state index is -1.07. The number of amides is 2. The third-order valence-corrected chi connectivity index (χ3v) is 7.75. The molecule has 2 fully saturated rings. The van der Waals surface area contributed by atoms with Gasteiger partial charge in [0.15, 0.2) is 12.6 Å². The molecule has 10 nitrogen and oxygen atoms in total. The standard InChI is InChI=1S/C23H22ClN3O7S/c1-23(24)13-35-21-18(25-17(28)12-33-16-5-3-2-4-6-16)20(29)26(21)19(23)22(30)34-11-14-7-9-15(10-8-14)27(31)32/h2-10,18-19,21H,11-13H2,1H3,(H,25,28)/t18?,19?,21-,23+/m0/s1. The SMILES string of the molecule is C[C@@]1(Cl)CS[C@H]2C(NC(=O)COc3ccccc3)C(=O)N2C1C(=O)OCc1ccc([N+](=O)[O-])cc1. The average molecular weight is 520 g/mol. The number of para-hydroxylation sites is 1. The molecule has 0 spiro atoms. The number of nitro benzene ring substituents is 1. The van der Waals surface area contributed by atoms with Gasteiger partial charge in [0.25, 0.3) is 11.6 Å². The highest BCUT2D eigenvalue weighted by atomic mass is 35.5. The van der Waals surface area contributed by atoms with E-state index >= 15 is 0 Å². The Morgan fingerprint density at radius 1 is 1.23 bits per heavy atom. The van der Waals surface area contributed by atoms with Gasteiger partial charge in [-0.25, -0.2) is 4.79 Å². The lowest BCUT2D eigenvalue weighted by Crippen LogP contribution is -2.78. The van der Waals surface area contributed by atoms with E-state index in [-0.39, 0.29) is 18.9 Å². The predicted molar refractivity (Wildman–Crippen MR) is 128 cm³/mol. The number of hydrogen-bond acceptors (Lipinski definition) is 8. The molecule has 4 rings (SSSR count). The summed E-state index contributed by atoms with van der Waals surface area (Å²) in [4.78, 5) is 48.7. The van der Waals surface area contributed by atoms with Crippen molar-refractivity contribution in [2.45, 2.75) is 35.9 Å². The Labute approximate surface area is 210 Å². The molecule has 35 heavy (non-hydrogen) atoms. The van der Waals surface area contributed by atoms with Gasteiger partial charge in [0, 0.05) is 17.9 Å². The Bertz CT molecular complexity index is 1130. The number of β-lactam (4-membered cyclic amide) rings is 1. The van der Waals surface area contributed by atoms with Crippen LogP contribution in [0.2, 0.25) is 0 Å². The van der Waals surface area contributed by atoms with Crippen molar-refractivity contribution < 1.29 is 28.8 Å². The van der Waals surface area contributed by atoms with E-state index < -0.39 is 45.0 Å². The molecular formula is C23H22ClN3O7S. The minimum Gasteiger partial charge on any atom is -0.484 e. The number of hydrogen-bond donors (Lipinski definition) is 1. The number of esters is 1. The first-order chi connectivity index (χ1) is 16.7. The van der Waals surface area contributed by atoms with Crippen molar-refractivity contribution in [1.82, 2.24) is 10.2 Å². The summed E-state index contributed by atoms with van der Waals surface area (Å²) in [6.07, 6.45) is 0. The first-order valence-corrected chi connectivity index (χ1v) is 12.1. The van der Waals surface area contributed by atoms with Gasteiger partial charge in [-0.2, -0.15) is 0 Å². The minimum absolute atomic E-state index is 0.0750. The van der Waals surface area contributed by atoms with Gasteiger partial charge in [-0.1, -0.05) is 18.2 Å². The fourth-order valence-electron chi connectivity index (χ4n) is 3.87. The number of non-ortho nitro benzene ring substituents is 1. The molecule has 2 saturated heterocycles. The Balaban J connectivity index is 1.36. The van der Waals surface area contributed by atoms with Gasteiger partial charge >= 0.3 is 5.97 Å². The highest BCUT2D eigenvalue weighted by molar-refractivity contribution is 8.00. The van der Waals surface area contributed by atoms with Gasteiger partial charge < -0.3 is 19.7 Å². The van der Waals surface area contributed by atoms with Gasteiger partial charge in [0.1, 0.15) is 23.8 Å². The maximum atomic E-state index is 13.0. The Morgan fingerprint density at radius 2 is 1.91 bits per heavy atom. The quantitative estimate of drug-likeness (QED) is 0.185. The molecule has 12 heteroatoms. The van der Waals surface area contributed by atoms with Crippen LogP contribution < -0.4 is 10.1 Å². The van der Waals surface area contributed by atoms with Crippen molar-refractivity contribution in [1.29, 1.82) is 0 Å². The first-order valence-electron chi connectivity index (χ1n) is 10.7. The predicted octanol–water partition coefficient (Wildman–Crippen LogP) is 2.48. The Kier molecular flexibility index (Phi) is 7.18. The maximum absolute atomic E-state index is 13.0. The van der Waals surface area contributed by atoms with E-state index in [1.165, 1.54) is 40.9 Å². The molecule has 0 saturated carbocycles. The summed E-state index contributed by atoms with van der Waals surface area (Å²) in [7, 11) is 0. The van der Waals surface area contributed by atoms with Crippen LogP contribution in [0.25, 0.3) is 0 Å². The average Bonchev–Trinajstić information content (AvgIpc) is 2.85. The molecular weight excluding hydrogens is 498 g/mol. The number of halogens is 1. The van der Waals surface area contributed by atoms with Crippen molar-refractivity contribution in [3.05, 3.63) is 70.3 Å². The summed E-state index contributed by atoms with van der Waals surface area (Å²) >= 11 is 7.98. The Hall–Kier alpha value is -3.31. The molecule has 2 aliphatic heterocycles. The van der Waals surface area contributed by atoms with Crippen molar-refractivity contribution in [3.63, 3.8) is 0 Å². The number of nitrogens with one attached hydrogen (secondary N) is 1. The number of nitrogens with zero attached hydrogens (tertiary/aromatic N) is 2. The molecule has 184 valence electrons. The van der Waals surface area contributed by atoms with Crippen molar-refractivity contribution in [3.8, 4) is 5.75 Å². The zero-order valence-electron chi connectivity index (χ0n) is 18.6. The normalized spacial score (nSPS) is 25.1.